The van der Waals surface area contributed by atoms with E-state index < -0.39 is 0 Å². The topological polar surface area (TPSA) is 89.7 Å². The molecule has 5 rings (SSSR count). The zero-order valence-corrected chi connectivity index (χ0v) is 21.0. The Morgan fingerprint density at radius 2 is 2.00 bits per heavy atom. The minimum Gasteiger partial charge on any atom is -0.495 e. The lowest BCUT2D eigenvalue weighted by atomic mass is 10.2. The van der Waals surface area contributed by atoms with Crippen LogP contribution in [0.1, 0.15) is 10.4 Å². The van der Waals surface area contributed by atoms with Crippen LogP contribution in [0.4, 0.5) is 5.69 Å². The van der Waals surface area contributed by atoms with E-state index in [0.717, 1.165) is 10.4 Å². The van der Waals surface area contributed by atoms with E-state index in [1.807, 2.05) is 18.4 Å². The molecule has 1 aliphatic heterocycles. The standard InChI is InChI=1S/C24H18ClN5O3S2/c1-14-9-10-34-21(14)12-18-23(32)30(19-11-15(25)7-8-20(19)33-2)24(26-18)35-13-29-22(31)16-5-3-4-6-17(16)27-28-29/h3-12H,13H2,1-2H3/b18-12+. The summed E-state index contributed by atoms with van der Waals surface area (Å²) in [5.41, 5.74) is 2.03. The first kappa shape index (κ1) is 23.3. The Hall–Kier alpha value is -3.47. The molecule has 1 aliphatic rings. The van der Waals surface area contributed by atoms with Crippen LogP contribution in [0.15, 0.2) is 69.4 Å². The van der Waals surface area contributed by atoms with E-state index >= 15 is 0 Å². The van der Waals surface area contributed by atoms with Gasteiger partial charge in [-0.3, -0.25) is 9.59 Å². The highest BCUT2D eigenvalue weighted by Gasteiger charge is 2.34. The van der Waals surface area contributed by atoms with E-state index in [2.05, 4.69) is 15.3 Å². The number of carbonyl (C=O) groups excluding carboxylic acids is 1. The second-order valence-corrected chi connectivity index (χ2v) is 9.83. The summed E-state index contributed by atoms with van der Waals surface area (Å²) in [6, 6.07) is 14.0. The molecule has 0 fully saturated rings. The lowest BCUT2D eigenvalue weighted by molar-refractivity contribution is -0.113. The van der Waals surface area contributed by atoms with Crippen molar-refractivity contribution in [2.45, 2.75) is 12.8 Å². The minimum absolute atomic E-state index is 0.105. The van der Waals surface area contributed by atoms with Crippen LogP contribution >= 0.6 is 34.7 Å². The van der Waals surface area contributed by atoms with Gasteiger partial charge in [0.1, 0.15) is 17.0 Å². The van der Waals surface area contributed by atoms with Crippen LogP contribution in [-0.2, 0) is 10.7 Å². The van der Waals surface area contributed by atoms with Crippen molar-refractivity contribution in [2.75, 3.05) is 12.0 Å². The highest BCUT2D eigenvalue weighted by molar-refractivity contribution is 8.13. The van der Waals surface area contributed by atoms with Gasteiger partial charge >= 0.3 is 0 Å². The lowest BCUT2D eigenvalue weighted by Gasteiger charge is -2.20. The van der Waals surface area contributed by atoms with Gasteiger partial charge in [0, 0.05) is 9.90 Å². The Balaban J connectivity index is 1.54. The third kappa shape index (κ3) is 4.47. The molecule has 3 heterocycles. The average molecular weight is 524 g/mol. The van der Waals surface area contributed by atoms with E-state index in [0.29, 0.717) is 32.5 Å². The highest BCUT2D eigenvalue weighted by Crippen LogP contribution is 2.37. The Kier molecular flexibility index (Phi) is 6.42. The van der Waals surface area contributed by atoms with Crippen LogP contribution < -0.4 is 15.2 Å². The van der Waals surface area contributed by atoms with Crippen molar-refractivity contribution in [2.24, 2.45) is 4.99 Å². The molecule has 1 amide bonds. The van der Waals surface area contributed by atoms with Crippen molar-refractivity contribution >= 4 is 68.4 Å². The molecule has 0 radical (unpaired) electrons. The first-order valence-corrected chi connectivity index (χ1v) is 12.7. The Morgan fingerprint density at radius 1 is 1.17 bits per heavy atom. The summed E-state index contributed by atoms with van der Waals surface area (Å²) in [7, 11) is 1.52. The zero-order valence-electron chi connectivity index (χ0n) is 18.6. The largest absolute Gasteiger partial charge is 0.495 e. The number of aromatic nitrogens is 3. The number of aliphatic imine (C=N–C) groups is 1. The molecular weight excluding hydrogens is 506 g/mol. The number of nitrogens with zero attached hydrogens (tertiary/aromatic N) is 5. The molecule has 0 saturated heterocycles. The van der Waals surface area contributed by atoms with Crippen LogP contribution in [0.2, 0.25) is 5.02 Å². The normalized spacial score (nSPS) is 14.7. The molecule has 11 heteroatoms. The number of carbonyl (C=O) groups is 1. The Bertz CT molecular complexity index is 1580. The summed E-state index contributed by atoms with van der Waals surface area (Å²) in [6.45, 7) is 1.98. The van der Waals surface area contributed by atoms with Crippen LogP contribution in [0.3, 0.4) is 0 Å². The van der Waals surface area contributed by atoms with Crippen LogP contribution in [0, 0.1) is 6.92 Å². The van der Waals surface area contributed by atoms with E-state index in [4.69, 9.17) is 16.3 Å². The predicted octanol–water partition coefficient (Wildman–Crippen LogP) is 4.96. The zero-order chi connectivity index (χ0) is 24.5. The number of rotatable bonds is 5. The van der Waals surface area contributed by atoms with Crippen molar-refractivity contribution < 1.29 is 9.53 Å². The Morgan fingerprint density at radius 3 is 2.77 bits per heavy atom. The maximum atomic E-state index is 13.5. The number of halogens is 1. The average Bonchev–Trinajstić information content (AvgIpc) is 3.41. The number of amides is 1. The second kappa shape index (κ2) is 9.65. The van der Waals surface area contributed by atoms with Crippen molar-refractivity contribution in [3.8, 4) is 5.75 Å². The van der Waals surface area contributed by atoms with Gasteiger partial charge in [-0.1, -0.05) is 40.7 Å². The molecule has 0 bridgehead atoms. The minimum atomic E-state index is -0.321. The summed E-state index contributed by atoms with van der Waals surface area (Å²) in [6.07, 6.45) is 1.77. The fraction of sp³-hybridized carbons (Fsp3) is 0.125. The van der Waals surface area contributed by atoms with Crippen molar-refractivity contribution in [1.82, 2.24) is 15.0 Å². The number of ether oxygens (including phenoxy) is 1. The molecule has 0 aliphatic carbocycles. The van der Waals surface area contributed by atoms with Crippen LogP contribution in [-0.4, -0.2) is 33.2 Å². The number of hydrogen-bond acceptors (Lipinski definition) is 8. The molecule has 4 aromatic rings. The van der Waals surface area contributed by atoms with Gasteiger partial charge in [0.2, 0.25) is 0 Å². The number of thioether (sulfide) groups is 1. The SMILES string of the molecule is COc1ccc(Cl)cc1N1C(=O)/C(=C\c2sccc2C)N=C1SCn1nnc2ccccc2c1=O. The van der Waals surface area contributed by atoms with E-state index in [9.17, 15) is 9.59 Å². The van der Waals surface area contributed by atoms with Crippen molar-refractivity contribution in [3.05, 3.63) is 85.4 Å². The number of aryl methyl sites for hydroxylation is 1. The lowest BCUT2D eigenvalue weighted by Crippen LogP contribution is -2.32. The monoisotopic (exact) mass is 523 g/mol. The summed E-state index contributed by atoms with van der Waals surface area (Å²) in [4.78, 5) is 33.4. The second-order valence-electron chi connectivity index (χ2n) is 7.53. The van der Waals surface area contributed by atoms with Gasteiger partial charge < -0.3 is 4.74 Å². The summed E-state index contributed by atoms with van der Waals surface area (Å²) < 4.78 is 6.74. The smallest absolute Gasteiger partial charge is 0.283 e. The molecule has 0 N–H and O–H groups in total. The molecule has 0 spiro atoms. The van der Waals surface area contributed by atoms with E-state index in [1.165, 1.54) is 39.8 Å². The number of amidine groups is 1. The molecule has 35 heavy (non-hydrogen) atoms. The van der Waals surface area contributed by atoms with Gasteiger partial charge in [-0.2, -0.15) is 4.68 Å². The van der Waals surface area contributed by atoms with E-state index in [-0.39, 0.29) is 23.0 Å². The third-order valence-corrected chi connectivity index (χ3v) is 7.43. The quantitative estimate of drug-likeness (QED) is 0.343. The molecule has 8 nitrogen and oxygen atoms in total. The van der Waals surface area contributed by atoms with Crippen molar-refractivity contribution in [3.63, 3.8) is 0 Å². The number of benzene rings is 2. The fourth-order valence-electron chi connectivity index (χ4n) is 3.53. The Labute approximate surface area is 213 Å². The predicted molar refractivity (Wildman–Crippen MR) is 141 cm³/mol. The molecule has 0 atom stereocenters. The first-order valence-electron chi connectivity index (χ1n) is 10.4. The number of hydrogen-bond donors (Lipinski definition) is 0. The van der Waals surface area contributed by atoms with Crippen LogP contribution in [0.25, 0.3) is 17.0 Å². The molecule has 0 unspecified atom stereocenters. The third-order valence-electron chi connectivity index (χ3n) is 5.33. The van der Waals surface area contributed by atoms with E-state index in [1.54, 1.807) is 48.5 Å². The van der Waals surface area contributed by atoms with Gasteiger partial charge in [0.05, 0.1) is 24.1 Å². The molecular formula is C24H18ClN5O3S2. The molecule has 0 saturated carbocycles. The molecule has 176 valence electrons. The maximum absolute atomic E-state index is 13.5. The first-order chi connectivity index (χ1) is 17.0. The summed E-state index contributed by atoms with van der Waals surface area (Å²) >= 11 is 8.97. The number of methoxy groups -OCH3 is 1. The molecule has 2 aromatic heterocycles. The van der Waals surface area contributed by atoms with Gasteiger partial charge in [-0.15, -0.1) is 16.4 Å². The maximum Gasteiger partial charge on any atom is 0.283 e. The molecule has 2 aromatic carbocycles. The number of thiophene rings is 1. The van der Waals surface area contributed by atoms with Gasteiger partial charge in [0.25, 0.3) is 11.5 Å². The van der Waals surface area contributed by atoms with Crippen molar-refractivity contribution in [1.29, 1.82) is 0 Å². The van der Waals surface area contributed by atoms with Crippen LogP contribution in [0.5, 0.6) is 5.75 Å². The summed E-state index contributed by atoms with van der Waals surface area (Å²) in [5, 5.41) is 11.4. The number of anilines is 1. The number of fused-ring (bicyclic) bond motifs is 1. The summed E-state index contributed by atoms with van der Waals surface area (Å²) in [5.74, 6) is 0.248. The van der Waals surface area contributed by atoms with Gasteiger partial charge in [0.15, 0.2) is 5.17 Å². The van der Waals surface area contributed by atoms with Gasteiger partial charge in [-0.05, 0) is 60.3 Å². The fourth-order valence-corrected chi connectivity index (χ4v) is 5.43. The van der Waals surface area contributed by atoms with Gasteiger partial charge in [-0.25, -0.2) is 9.89 Å². The highest BCUT2D eigenvalue weighted by atomic mass is 35.5.